The lowest BCUT2D eigenvalue weighted by Gasteiger charge is -2.16. The molecule has 0 atom stereocenters. The molecule has 0 bridgehead atoms. The van der Waals surface area contributed by atoms with Crippen molar-refractivity contribution >= 4 is 49.4 Å². The summed E-state index contributed by atoms with van der Waals surface area (Å²) in [7, 11) is 1.38. The zero-order valence-electron chi connectivity index (χ0n) is 17.5. The fourth-order valence-corrected chi connectivity index (χ4v) is 4.13. The summed E-state index contributed by atoms with van der Waals surface area (Å²) in [4.78, 5) is 24.9. The van der Waals surface area contributed by atoms with Crippen molar-refractivity contribution in [3.05, 3.63) is 97.4 Å². The maximum absolute atomic E-state index is 12.6. The van der Waals surface area contributed by atoms with Crippen LogP contribution in [-0.4, -0.2) is 19.0 Å². The monoisotopic (exact) mass is 583 g/mol. The molecule has 9 heteroatoms. The summed E-state index contributed by atoms with van der Waals surface area (Å²) in [6.07, 6.45) is -4.38. The van der Waals surface area contributed by atoms with E-state index in [1.54, 1.807) is 18.2 Å². The van der Waals surface area contributed by atoms with Crippen molar-refractivity contribution < 1.29 is 27.5 Å². The molecule has 1 aliphatic rings. The van der Waals surface area contributed by atoms with Crippen molar-refractivity contribution in [3.8, 4) is 0 Å². The zero-order valence-corrected chi connectivity index (χ0v) is 20.7. The van der Waals surface area contributed by atoms with Crippen molar-refractivity contribution in [2.45, 2.75) is 19.6 Å². The number of nitrogens with zero attached hydrogens (tertiary/aromatic N) is 1. The molecule has 172 valence electrons. The van der Waals surface area contributed by atoms with Gasteiger partial charge in [0.15, 0.2) is 0 Å². The maximum Gasteiger partial charge on any atom is 0.416 e. The van der Waals surface area contributed by atoms with E-state index in [4.69, 9.17) is 0 Å². The van der Waals surface area contributed by atoms with E-state index in [1.807, 2.05) is 25.1 Å². The summed E-state index contributed by atoms with van der Waals surface area (Å²) >= 11 is 6.72. The van der Waals surface area contributed by atoms with Gasteiger partial charge in [-0.3, -0.25) is 4.79 Å². The largest absolute Gasteiger partial charge is 0.465 e. The van der Waals surface area contributed by atoms with Crippen LogP contribution < -0.4 is 4.90 Å². The number of halogens is 5. The van der Waals surface area contributed by atoms with E-state index < -0.39 is 11.7 Å². The van der Waals surface area contributed by atoms with Crippen LogP contribution in [0.4, 0.5) is 18.9 Å². The van der Waals surface area contributed by atoms with Crippen molar-refractivity contribution in [2.24, 2.45) is 0 Å². The molecule has 0 saturated heterocycles. The summed E-state index contributed by atoms with van der Waals surface area (Å²) < 4.78 is 44.0. The third kappa shape index (κ3) is 5.47. The number of methoxy groups -OCH3 is 1. The second-order valence-corrected chi connectivity index (χ2v) is 8.81. The Morgan fingerprint density at radius 1 is 0.970 bits per heavy atom. The number of alkyl halides is 3. The Labute approximate surface area is 205 Å². The van der Waals surface area contributed by atoms with Crippen molar-refractivity contribution in [1.29, 1.82) is 0 Å². The van der Waals surface area contributed by atoms with Crippen LogP contribution in [0.1, 0.15) is 37.4 Å². The second kappa shape index (κ2) is 10.1. The Kier molecular flexibility index (Phi) is 7.64. The number of ether oxygens (including phenoxy) is 1. The first-order chi connectivity index (χ1) is 15.5. The number of hydrogen-bond acceptors (Lipinski definition) is 3. The highest BCUT2D eigenvalue weighted by Crippen LogP contribution is 2.35. The molecule has 3 aromatic rings. The minimum atomic E-state index is -4.38. The highest BCUT2D eigenvalue weighted by molar-refractivity contribution is 9.10. The van der Waals surface area contributed by atoms with Crippen LogP contribution >= 0.6 is 31.9 Å². The first-order valence-electron chi connectivity index (χ1n) is 9.64. The molecule has 1 aliphatic heterocycles. The molecule has 1 heterocycles. The van der Waals surface area contributed by atoms with Crippen molar-refractivity contribution in [2.75, 3.05) is 12.0 Å². The minimum Gasteiger partial charge on any atom is -0.465 e. The molecule has 0 aromatic heterocycles. The van der Waals surface area contributed by atoms with Crippen LogP contribution in [0.15, 0.2) is 69.6 Å². The van der Waals surface area contributed by atoms with Gasteiger partial charge in [-0.1, -0.05) is 44.0 Å². The minimum absolute atomic E-state index is 0.203. The third-order valence-corrected chi connectivity index (χ3v) is 6.69. The summed E-state index contributed by atoms with van der Waals surface area (Å²) in [5, 5.41) is 0. The molecule has 0 spiro atoms. The molecule has 1 amide bonds. The lowest BCUT2D eigenvalue weighted by Crippen LogP contribution is -2.23. The quantitative estimate of drug-likeness (QED) is 0.300. The van der Waals surface area contributed by atoms with Gasteiger partial charge < -0.3 is 9.64 Å². The van der Waals surface area contributed by atoms with Crippen LogP contribution in [0.25, 0.3) is 0 Å². The second-order valence-electron chi connectivity index (χ2n) is 7.11. The summed E-state index contributed by atoms with van der Waals surface area (Å²) in [5.74, 6) is -0.500. The number of anilines is 1. The molecule has 3 aromatic carbocycles. The smallest absolute Gasteiger partial charge is 0.416 e. The fraction of sp³-hybridized carbons (Fsp3) is 0.167. The Morgan fingerprint density at radius 2 is 1.58 bits per heavy atom. The number of carbonyl (C=O) groups excluding carboxylic acids is 2. The molecule has 0 saturated carbocycles. The number of fused-ring (bicyclic) bond motifs is 1. The highest BCUT2D eigenvalue weighted by atomic mass is 79.9. The Morgan fingerprint density at radius 3 is 2.15 bits per heavy atom. The van der Waals surface area contributed by atoms with Gasteiger partial charge in [-0.2, -0.15) is 13.2 Å². The van der Waals surface area contributed by atoms with E-state index in [9.17, 15) is 22.8 Å². The summed E-state index contributed by atoms with van der Waals surface area (Å²) in [5.41, 5.74) is 2.66. The molecule has 0 fully saturated rings. The molecule has 0 unspecified atom stereocenters. The van der Waals surface area contributed by atoms with E-state index in [1.165, 1.54) is 24.1 Å². The first-order valence-corrected chi connectivity index (χ1v) is 11.2. The highest BCUT2D eigenvalue weighted by Gasteiger charge is 2.32. The number of esters is 1. The van der Waals surface area contributed by atoms with Crippen LogP contribution in [0.5, 0.6) is 0 Å². The number of benzene rings is 3. The zero-order chi connectivity index (χ0) is 24.3. The normalized spacial score (nSPS) is 12.7. The van der Waals surface area contributed by atoms with E-state index in [0.717, 1.165) is 32.2 Å². The van der Waals surface area contributed by atoms with Gasteiger partial charge in [-0.05, 0) is 66.6 Å². The molecule has 0 N–H and O–H groups in total. The number of hydrogen-bond donors (Lipinski definition) is 0. The number of carbonyl (C=O) groups is 2. The number of rotatable bonds is 2. The average molecular weight is 585 g/mol. The van der Waals surface area contributed by atoms with Gasteiger partial charge in [-0.15, -0.1) is 0 Å². The molecule has 4 rings (SSSR count). The Hall–Kier alpha value is -2.65. The average Bonchev–Trinajstić information content (AvgIpc) is 3.13. The van der Waals surface area contributed by atoms with E-state index in [0.29, 0.717) is 23.4 Å². The van der Waals surface area contributed by atoms with Crippen LogP contribution in [-0.2, 0) is 17.5 Å². The summed E-state index contributed by atoms with van der Waals surface area (Å²) in [6.45, 7) is 2.22. The van der Waals surface area contributed by atoms with E-state index in [-0.39, 0.29) is 11.9 Å². The predicted octanol–water partition coefficient (Wildman–Crippen LogP) is 7.17. The first kappa shape index (κ1) is 25.0. The lowest BCUT2D eigenvalue weighted by atomic mass is 10.1. The van der Waals surface area contributed by atoms with Crippen LogP contribution in [0.2, 0.25) is 0 Å². The van der Waals surface area contributed by atoms with Crippen LogP contribution in [0, 0.1) is 6.92 Å². The standard InChI is InChI=1S/C15H9BrF3NO.C9H9BrO2/c16-13-3-1-2-11-12(13)8-20(14(11)21)10-6-4-9(5-7-10)15(17,18)19;1-6-7(9(11)12-2)4-3-5-8(6)10/h1-7H,8H2;3-5H,1-2H3. The molecule has 33 heavy (non-hydrogen) atoms. The van der Waals surface area contributed by atoms with E-state index >= 15 is 0 Å². The third-order valence-electron chi connectivity index (χ3n) is 5.09. The van der Waals surface area contributed by atoms with Gasteiger partial charge in [0, 0.05) is 20.2 Å². The molecular formula is C24H18Br2F3NO3. The lowest BCUT2D eigenvalue weighted by molar-refractivity contribution is -0.137. The van der Waals surface area contributed by atoms with Crippen molar-refractivity contribution in [3.63, 3.8) is 0 Å². The van der Waals surface area contributed by atoms with Gasteiger partial charge in [0.05, 0.1) is 24.8 Å². The Balaban J connectivity index is 0.000000218. The molecule has 0 aliphatic carbocycles. The molecule has 4 nitrogen and oxygen atoms in total. The Bertz CT molecular complexity index is 1190. The van der Waals surface area contributed by atoms with Crippen LogP contribution in [0.3, 0.4) is 0 Å². The van der Waals surface area contributed by atoms with Crippen molar-refractivity contribution in [1.82, 2.24) is 0 Å². The SMILES string of the molecule is COC(=O)c1cccc(Br)c1C.O=C1c2cccc(Br)c2CN1c1ccc(C(F)(F)F)cc1. The molecular weight excluding hydrogens is 567 g/mol. The van der Waals surface area contributed by atoms with Gasteiger partial charge in [0.25, 0.3) is 5.91 Å². The topological polar surface area (TPSA) is 46.6 Å². The van der Waals surface area contributed by atoms with Gasteiger partial charge in [0.1, 0.15) is 0 Å². The molecule has 0 radical (unpaired) electrons. The van der Waals surface area contributed by atoms with Gasteiger partial charge in [0.2, 0.25) is 0 Å². The van der Waals surface area contributed by atoms with Gasteiger partial charge in [-0.25, -0.2) is 4.79 Å². The maximum atomic E-state index is 12.6. The summed E-state index contributed by atoms with van der Waals surface area (Å²) in [6, 6.07) is 15.4. The number of amides is 1. The fourth-order valence-electron chi connectivity index (χ4n) is 3.27. The van der Waals surface area contributed by atoms with Gasteiger partial charge >= 0.3 is 12.1 Å². The predicted molar refractivity (Wildman–Crippen MR) is 126 cm³/mol. The van der Waals surface area contributed by atoms with E-state index in [2.05, 4.69) is 36.6 Å².